The van der Waals surface area contributed by atoms with Crippen molar-refractivity contribution >= 4 is 0 Å². The Hall–Kier alpha value is -0.0800. The van der Waals surface area contributed by atoms with Gasteiger partial charge >= 0.3 is 0 Å². The van der Waals surface area contributed by atoms with Crippen molar-refractivity contribution in [1.29, 1.82) is 0 Å². The van der Waals surface area contributed by atoms with E-state index in [0.29, 0.717) is 0 Å². The van der Waals surface area contributed by atoms with E-state index in [1.54, 1.807) is 0 Å². The van der Waals surface area contributed by atoms with Crippen molar-refractivity contribution in [3.63, 3.8) is 0 Å². The number of rotatable bonds is 3. The first kappa shape index (κ1) is 11.0. The maximum absolute atomic E-state index is 5.73. The first-order valence-electron chi connectivity index (χ1n) is 5.64. The fourth-order valence-corrected chi connectivity index (χ4v) is 2.25. The van der Waals surface area contributed by atoms with Gasteiger partial charge in [-0.2, -0.15) is 0 Å². The van der Waals surface area contributed by atoms with E-state index in [1.807, 2.05) is 0 Å². The van der Waals surface area contributed by atoms with Gasteiger partial charge in [0.2, 0.25) is 0 Å². The molecule has 0 aromatic carbocycles. The molecule has 2 N–H and O–H groups in total. The third kappa shape index (κ3) is 2.68. The predicted octanol–water partition coefficient (Wildman–Crippen LogP) is 1.84. The third-order valence-electron chi connectivity index (χ3n) is 3.52. The van der Waals surface area contributed by atoms with Gasteiger partial charge in [0.05, 0.1) is 0 Å². The molecule has 1 rings (SSSR count). The maximum Gasteiger partial charge on any atom is 0.00699 e. The van der Waals surface area contributed by atoms with E-state index < -0.39 is 0 Å². The van der Waals surface area contributed by atoms with Gasteiger partial charge in [-0.15, -0.1) is 0 Å². The first-order valence-corrected chi connectivity index (χ1v) is 5.64. The fourth-order valence-electron chi connectivity index (χ4n) is 2.25. The van der Waals surface area contributed by atoms with Gasteiger partial charge in [0.25, 0.3) is 0 Å². The van der Waals surface area contributed by atoms with Crippen LogP contribution < -0.4 is 5.73 Å². The highest BCUT2D eigenvalue weighted by atomic mass is 15.2. The standard InChI is InChI=1S/C11H24N2/c1-4-9(2)13-8-11(7-12)6-5-10(13)3/h9-11H,4-8,12H2,1-3H3. The lowest BCUT2D eigenvalue weighted by Gasteiger charge is -2.41. The molecule has 0 aromatic rings. The van der Waals surface area contributed by atoms with Gasteiger partial charge in [0.15, 0.2) is 0 Å². The number of piperidine rings is 1. The molecule has 1 fully saturated rings. The second-order valence-corrected chi connectivity index (χ2v) is 4.48. The van der Waals surface area contributed by atoms with Crippen LogP contribution in [0.2, 0.25) is 0 Å². The van der Waals surface area contributed by atoms with E-state index in [1.165, 1.54) is 25.8 Å². The zero-order valence-corrected chi connectivity index (χ0v) is 9.29. The normalized spacial score (nSPS) is 33.2. The smallest absolute Gasteiger partial charge is 0.00699 e. The molecule has 0 bridgehead atoms. The Morgan fingerprint density at radius 3 is 2.69 bits per heavy atom. The van der Waals surface area contributed by atoms with Gasteiger partial charge in [0.1, 0.15) is 0 Å². The lowest BCUT2D eigenvalue weighted by atomic mass is 9.92. The van der Waals surface area contributed by atoms with Crippen molar-refractivity contribution in [3.8, 4) is 0 Å². The maximum atomic E-state index is 5.73. The minimum Gasteiger partial charge on any atom is -0.330 e. The Labute approximate surface area is 82.5 Å². The Balaban J connectivity index is 2.49. The number of hydrogen-bond donors (Lipinski definition) is 1. The summed E-state index contributed by atoms with van der Waals surface area (Å²) in [5, 5.41) is 0. The number of hydrogen-bond acceptors (Lipinski definition) is 2. The van der Waals surface area contributed by atoms with E-state index in [2.05, 4.69) is 25.7 Å². The van der Waals surface area contributed by atoms with Gasteiger partial charge in [-0.1, -0.05) is 6.92 Å². The predicted molar refractivity (Wildman–Crippen MR) is 57.7 cm³/mol. The Bertz CT molecular complexity index is 143. The van der Waals surface area contributed by atoms with Gasteiger partial charge < -0.3 is 5.73 Å². The quantitative estimate of drug-likeness (QED) is 0.725. The van der Waals surface area contributed by atoms with E-state index >= 15 is 0 Å². The molecule has 1 aliphatic rings. The fraction of sp³-hybridized carbons (Fsp3) is 1.00. The Morgan fingerprint density at radius 2 is 2.15 bits per heavy atom. The minimum atomic E-state index is 0.726. The highest BCUT2D eigenvalue weighted by Gasteiger charge is 2.26. The summed E-state index contributed by atoms with van der Waals surface area (Å²) >= 11 is 0. The summed E-state index contributed by atoms with van der Waals surface area (Å²) in [5.74, 6) is 0.741. The highest BCUT2D eigenvalue weighted by molar-refractivity contribution is 4.82. The van der Waals surface area contributed by atoms with Crippen LogP contribution in [0.5, 0.6) is 0 Å². The van der Waals surface area contributed by atoms with Crippen molar-refractivity contribution in [2.45, 2.75) is 52.1 Å². The van der Waals surface area contributed by atoms with Gasteiger partial charge in [-0.3, -0.25) is 4.90 Å². The topological polar surface area (TPSA) is 29.3 Å². The molecule has 1 heterocycles. The summed E-state index contributed by atoms with van der Waals surface area (Å²) in [6, 6.07) is 1.49. The summed E-state index contributed by atoms with van der Waals surface area (Å²) in [7, 11) is 0. The van der Waals surface area contributed by atoms with Crippen LogP contribution >= 0.6 is 0 Å². The van der Waals surface area contributed by atoms with Gasteiger partial charge in [-0.25, -0.2) is 0 Å². The zero-order chi connectivity index (χ0) is 9.84. The molecule has 0 spiro atoms. The molecule has 0 radical (unpaired) electrons. The number of likely N-dealkylation sites (tertiary alicyclic amines) is 1. The lowest BCUT2D eigenvalue weighted by molar-refractivity contribution is 0.0797. The summed E-state index contributed by atoms with van der Waals surface area (Å²) < 4.78 is 0. The van der Waals surface area contributed by atoms with Crippen molar-refractivity contribution in [3.05, 3.63) is 0 Å². The number of nitrogens with two attached hydrogens (primary N) is 1. The van der Waals surface area contributed by atoms with Gasteiger partial charge in [0, 0.05) is 18.6 Å². The van der Waals surface area contributed by atoms with Crippen LogP contribution in [-0.4, -0.2) is 30.1 Å². The zero-order valence-electron chi connectivity index (χ0n) is 9.29. The second-order valence-electron chi connectivity index (χ2n) is 4.48. The average Bonchev–Trinajstić information content (AvgIpc) is 2.17. The average molecular weight is 184 g/mol. The second kappa shape index (κ2) is 4.97. The minimum absolute atomic E-state index is 0.726. The molecular weight excluding hydrogens is 160 g/mol. The van der Waals surface area contributed by atoms with Crippen LogP contribution in [0, 0.1) is 5.92 Å². The molecule has 2 nitrogen and oxygen atoms in total. The first-order chi connectivity index (χ1) is 6.19. The summed E-state index contributed by atoms with van der Waals surface area (Å²) in [4.78, 5) is 2.63. The number of nitrogens with zero attached hydrogens (tertiary/aromatic N) is 1. The van der Waals surface area contributed by atoms with Crippen molar-refractivity contribution in [2.75, 3.05) is 13.1 Å². The molecule has 0 aliphatic carbocycles. The van der Waals surface area contributed by atoms with E-state index in [9.17, 15) is 0 Å². The van der Waals surface area contributed by atoms with Crippen LogP contribution in [0.1, 0.15) is 40.0 Å². The molecule has 78 valence electrons. The molecule has 3 atom stereocenters. The van der Waals surface area contributed by atoms with Crippen LogP contribution in [0.4, 0.5) is 0 Å². The molecule has 3 unspecified atom stereocenters. The third-order valence-corrected chi connectivity index (χ3v) is 3.52. The van der Waals surface area contributed by atoms with E-state index in [0.717, 1.165) is 24.5 Å². The molecular formula is C11H24N2. The van der Waals surface area contributed by atoms with Crippen molar-refractivity contribution in [2.24, 2.45) is 11.7 Å². The summed E-state index contributed by atoms with van der Waals surface area (Å²) in [6.45, 7) is 9.02. The molecule has 1 aliphatic heterocycles. The van der Waals surface area contributed by atoms with E-state index in [-0.39, 0.29) is 0 Å². The molecule has 13 heavy (non-hydrogen) atoms. The van der Waals surface area contributed by atoms with Crippen LogP contribution in [0.25, 0.3) is 0 Å². The molecule has 2 heteroatoms. The monoisotopic (exact) mass is 184 g/mol. The van der Waals surface area contributed by atoms with E-state index in [4.69, 9.17) is 5.73 Å². The SMILES string of the molecule is CCC(C)N1CC(CN)CCC1C. The van der Waals surface area contributed by atoms with Crippen molar-refractivity contribution < 1.29 is 0 Å². The Morgan fingerprint density at radius 1 is 1.46 bits per heavy atom. The van der Waals surface area contributed by atoms with Crippen LogP contribution in [0.15, 0.2) is 0 Å². The summed E-state index contributed by atoms with van der Waals surface area (Å²) in [6.07, 6.45) is 3.90. The van der Waals surface area contributed by atoms with Crippen molar-refractivity contribution in [1.82, 2.24) is 4.90 Å². The largest absolute Gasteiger partial charge is 0.330 e. The highest BCUT2D eigenvalue weighted by Crippen LogP contribution is 2.23. The summed E-state index contributed by atoms with van der Waals surface area (Å²) in [5.41, 5.74) is 5.73. The molecule has 0 saturated carbocycles. The van der Waals surface area contributed by atoms with Gasteiger partial charge in [-0.05, 0) is 45.6 Å². The molecule has 0 amide bonds. The molecule has 1 saturated heterocycles. The Kier molecular flexibility index (Phi) is 4.20. The van der Waals surface area contributed by atoms with Crippen LogP contribution in [-0.2, 0) is 0 Å². The molecule has 0 aromatic heterocycles. The lowest BCUT2D eigenvalue weighted by Crippen LogP contribution is -2.48. The van der Waals surface area contributed by atoms with Crippen LogP contribution in [0.3, 0.4) is 0 Å².